The van der Waals surface area contributed by atoms with Crippen molar-refractivity contribution in [3.8, 4) is 11.4 Å². The van der Waals surface area contributed by atoms with Gasteiger partial charge in [-0.05, 0) is 44.0 Å². The van der Waals surface area contributed by atoms with E-state index in [0.717, 1.165) is 16.7 Å². The molecule has 0 atom stereocenters. The molecule has 0 bridgehead atoms. The lowest BCUT2D eigenvalue weighted by Gasteiger charge is -2.36. The summed E-state index contributed by atoms with van der Waals surface area (Å²) < 4.78 is 2.03. The van der Waals surface area contributed by atoms with Gasteiger partial charge >= 0.3 is 0 Å². The van der Waals surface area contributed by atoms with Gasteiger partial charge in [0.25, 0.3) is 0 Å². The lowest BCUT2D eigenvalue weighted by atomic mass is 10.0. The highest BCUT2D eigenvalue weighted by atomic mass is 35.5. The highest BCUT2D eigenvalue weighted by molar-refractivity contribution is 7.99. The van der Waals surface area contributed by atoms with Crippen LogP contribution in [0.25, 0.3) is 11.4 Å². The van der Waals surface area contributed by atoms with E-state index in [1.165, 1.54) is 11.8 Å². The van der Waals surface area contributed by atoms with Gasteiger partial charge in [0, 0.05) is 17.6 Å². The lowest BCUT2D eigenvalue weighted by molar-refractivity contribution is -0.133. The fourth-order valence-corrected chi connectivity index (χ4v) is 4.85. The first-order valence-electron chi connectivity index (χ1n) is 11.5. The predicted molar refractivity (Wildman–Crippen MR) is 143 cm³/mol. The Kier molecular flexibility index (Phi) is 7.93. The van der Waals surface area contributed by atoms with E-state index in [0.29, 0.717) is 29.1 Å². The van der Waals surface area contributed by atoms with Crippen LogP contribution in [0, 0.1) is 0 Å². The summed E-state index contributed by atoms with van der Waals surface area (Å²) >= 11 is 7.90. The Labute approximate surface area is 216 Å². The number of rotatable bonds is 8. The molecule has 0 saturated carbocycles. The van der Waals surface area contributed by atoms with Crippen molar-refractivity contribution in [3.63, 3.8) is 0 Å². The topological polar surface area (TPSA) is 51.0 Å². The Morgan fingerprint density at radius 3 is 2.11 bits per heavy atom. The fourth-order valence-electron chi connectivity index (χ4n) is 3.82. The van der Waals surface area contributed by atoms with Gasteiger partial charge in [-0.15, -0.1) is 10.2 Å². The van der Waals surface area contributed by atoms with E-state index in [-0.39, 0.29) is 17.2 Å². The fraction of sp³-hybridized carbons (Fsp3) is 0.250. The van der Waals surface area contributed by atoms with Gasteiger partial charge in [-0.1, -0.05) is 96.2 Å². The summed E-state index contributed by atoms with van der Waals surface area (Å²) in [6.07, 6.45) is 0. The number of hydrogen-bond acceptors (Lipinski definition) is 4. The van der Waals surface area contributed by atoms with Crippen molar-refractivity contribution >= 4 is 29.3 Å². The molecule has 0 saturated heterocycles. The van der Waals surface area contributed by atoms with Crippen LogP contribution in [0.2, 0.25) is 5.02 Å². The standard InChI is InChI=1S/C28H29ClN4OS/c1-28(2,3)33(19-22-14-8-5-9-15-22)25(34)20-35-27-31-30-26(23-16-10-11-17-24(23)29)32(27)18-21-12-6-4-7-13-21/h4-17H,18-20H2,1-3H3. The zero-order valence-corrected chi connectivity index (χ0v) is 21.8. The molecular weight excluding hydrogens is 476 g/mol. The minimum atomic E-state index is -0.312. The summed E-state index contributed by atoms with van der Waals surface area (Å²) in [5, 5.41) is 10.2. The van der Waals surface area contributed by atoms with Gasteiger partial charge in [0.05, 0.1) is 17.3 Å². The zero-order valence-electron chi connectivity index (χ0n) is 20.2. The number of carbonyl (C=O) groups excluding carboxylic acids is 1. The third-order valence-corrected chi connectivity index (χ3v) is 6.92. The number of benzene rings is 3. The number of thioether (sulfide) groups is 1. The number of halogens is 1. The van der Waals surface area contributed by atoms with Crippen LogP contribution in [0.5, 0.6) is 0 Å². The highest BCUT2D eigenvalue weighted by Crippen LogP contribution is 2.30. The SMILES string of the molecule is CC(C)(C)N(Cc1ccccc1)C(=O)CSc1nnc(-c2ccccc2Cl)n1Cc1ccccc1. The van der Waals surface area contributed by atoms with Crippen molar-refractivity contribution in [3.05, 3.63) is 101 Å². The molecule has 0 aliphatic rings. The van der Waals surface area contributed by atoms with Gasteiger partial charge in [-0.25, -0.2) is 0 Å². The molecule has 5 nitrogen and oxygen atoms in total. The second-order valence-electron chi connectivity index (χ2n) is 9.28. The minimum absolute atomic E-state index is 0.0555. The molecule has 0 N–H and O–H groups in total. The molecule has 180 valence electrons. The molecule has 1 aromatic heterocycles. The van der Waals surface area contributed by atoms with Gasteiger partial charge in [0.1, 0.15) is 0 Å². The quantitative estimate of drug-likeness (QED) is 0.255. The van der Waals surface area contributed by atoms with Crippen LogP contribution in [0.3, 0.4) is 0 Å². The van der Waals surface area contributed by atoms with E-state index in [2.05, 4.69) is 43.1 Å². The highest BCUT2D eigenvalue weighted by Gasteiger charge is 2.27. The van der Waals surface area contributed by atoms with Gasteiger partial charge in [-0.2, -0.15) is 0 Å². The minimum Gasteiger partial charge on any atom is -0.333 e. The van der Waals surface area contributed by atoms with Gasteiger partial charge in [-0.3, -0.25) is 9.36 Å². The zero-order chi connectivity index (χ0) is 24.8. The Balaban J connectivity index is 1.59. The van der Waals surface area contributed by atoms with Crippen LogP contribution in [0.1, 0.15) is 31.9 Å². The van der Waals surface area contributed by atoms with Crippen LogP contribution in [-0.4, -0.2) is 36.9 Å². The van der Waals surface area contributed by atoms with Crippen molar-refractivity contribution in [2.75, 3.05) is 5.75 Å². The van der Waals surface area contributed by atoms with Gasteiger partial charge < -0.3 is 4.90 Å². The van der Waals surface area contributed by atoms with E-state index in [1.807, 2.05) is 82.3 Å². The van der Waals surface area contributed by atoms with Crippen LogP contribution in [0.15, 0.2) is 90.1 Å². The maximum absolute atomic E-state index is 13.4. The lowest BCUT2D eigenvalue weighted by Crippen LogP contribution is -2.45. The second-order valence-corrected chi connectivity index (χ2v) is 10.6. The van der Waals surface area contributed by atoms with E-state index in [4.69, 9.17) is 11.6 Å². The Morgan fingerprint density at radius 1 is 0.886 bits per heavy atom. The van der Waals surface area contributed by atoms with Crippen LogP contribution in [-0.2, 0) is 17.9 Å². The van der Waals surface area contributed by atoms with Crippen LogP contribution >= 0.6 is 23.4 Å². The van der Waals surface area contributed by atoms with E-state index < -0.39 is 0 Å². The number of nitrogens with zero attached hydrogens (tertiary/aromatic N) is 4. The summed E-state index contributed by atoms with van der Waals surface area (Å²) in [6, 6.07) is 27.8. The molecule has 0 radical (unpaired) electrons. The molecule has 35 heavy (non-hydrogen) atoms. The molecule has 0 fully saturated rings. The van der Waals surface area contributed by atoms with Gasteiger partial charge in [0.15, 0.2) is 11.0 Å². The van der Waals surface area contributed by atoms with E-state index in [9.17, 15) is 4.79 Å². The summed E-state index contributed by atoms with van der Waals surface area (Å²) in [6.45, 7) is 7.33. The number of amides is 1. The molecule has 4 rings (SSSR count). The van der Waals surface area contributed by atoms with Crippen molar-refractivity contribution in [1.29, 1.82) is 0 Å². The second kappa shape index (κ2) is 11.1. The molecule has 0 aliphatic heterocycles. The van der Waals surface area contributed by atoms with E-state index in [1.54, 1.807) is 0 Å². The maximum atomic E-state index is 13.4. The molecule has 1 heterocycles. The normalized spacial score (nSPS) is 11.4. The molecule has 1 amide bonds. The molecule has 0 spiro atoms. The van der Waals surface area contributed by atoms with Crippen molar-refractivity contribution in [1.82, 2.24) is 19.7 Å². The Hall–Kier alpha value is -3.09. The number of hydrogen-bond donors (Lipinski definition) is 0. The third kappa shape index (κ3) is 6.32. The molecule has 3 aromatic carbocycles. The first-order valence-corrected chi connectivity index (χ1v) is 12.9. The average molecular weight is 505 g/mol. The van der Waals surface area contributed by atoms with Crippen LogP contribution in [0.4, 0.5) is 0 Å². The third-order valence-electron chi connectivity index (χ3n) is 5.63. The number of carbonyl (C=O) groups is 1. The first-order chi connectivity index (χ1) is 16.8. The molecule has 4 aromatic rings. The Bertz CT molecular complexity index is 1270. The smallest absolute Gasteiger partial charge is 0.233 e. The number of aromatic nitrogens is 3. The monoisotopic (exact) mass is 504 g/mol. The van der Waals surface area contributed by atoms with E-state index >= 15 is 0 Å². The summed E-state index contributed by atoms with van der Waals surface area (Å²) in [5.41, 5.74) is 2.73. The summed E-state index contributed by atoms with van der Waals surface area (Å²) in [4.78, 5) is 15.3. The van der Waals surface area contributed by atoms with Gasteiger partial charge in [0.2, 0.25) is 5.91 Å². The van der Waals surface area contributed by atoms with Crippen molar-refractivity contribution in [2.24, 2.45) is 0 Å². The maximum Gasteiger partial charge on any atom is 0.233 e. The van der Waals surface area contributed by atoms with Crippen molar-refractivity contribution < 1.29 is 4.79 Å². The largest absolute Gasteiger partial charge is 0.333 e. The molecule has 0 unspecified atom stereocenters. The summed E-state index contributed by atoms with van der Waals surface area (Å²) in [7, 11) is 0. The van der Waals surface area contributed by atoms with Crippen molar-refractivity contribution in [2.45, 2.75) is 44.6 Å². The molecular formula is C28H29ClN4OS. The molecule has 7 heteroatoms. The average Bonchev–Trinajstić information content (AvgIpc) is 3.24. The Morgan fingerprint density at radius 2 is 1.49 bits per heavy atom. The first kappa shape index (κ1) is 25.0. The van der Waals surface area contributed by atoms with Crippen LogP contribution < -0.4 is 0 Å². The summed E-state index contributed by atoms with van der Waals surface area (Å²) in [5.74, 6) is 1.01. The predicted octanol–water partition coefficient (Wildman–Crippen LogP) is 6.57. The molecule has 0 aliphatic carbocycles.